The SMILES string of the molecule is NC1CSCCN1c1ccccc1. The van der Waals surface area contributed by atoms with Gasteiger partial charge in [-0.25, -0.2) is 0 Å². The molecule has 0 radical (unpaired) electrons. The Balaban J connectivity index is 2.15. The van der Waals surface area contributed by atoms with Crippen LogP contribution in [-0.2, 0) is 0 Å². The molecular weight excluding hydrogens is 180 g/mol. The molecule has 0 aliphatic carbocycles. The molecule has 2 rings (SSSR count). The highest BCUT2D eigenvalue weighted by Gasteiger charge is 2.18. The van der Waals surface area contributed by atoms with Crippen LogP contribution in [0.5, 0.6) is 0 Å². The smallest absolute Gasteiger partial charge is 0.0862 e. The molecule has 1 aliphatic rings. The number of thioether (sulfide) groups is 1. The second-order valence-electron chi connectivity index (χ2n) is 3.17. The van der Waals surface area contributed by atoms with Crippen molar-refractivity contribution in [3.63, 3.8) is 0 Å². The van der Waals surface area contributed by atoms with Crippen LogP contribution in [0, 0.1) is 0 Å². The molecule has 13 heavy (non-hydrogen) atoms. The van der Waals surface area contributed by atoms with Crippen LogP contribution in [0.2, 0.25) is 0 Å². The van der Waals surface area contributed by atoms with E-state index in [2.05, 4.69) is 29.2 Å². The number of hydrogen-bond donors (Lipinski definition) is 1. The van der Waals surface area contributed by atoms with Gasteiger partial charge >= 0.3 is 0 Å². The molecule has 2 N–H and O–H groups in total. The van der Waals surface area contributed by atoms with Crippen molar-refractivity contribution < 1.29 is 0 Å². The molecule has 1 heterocycles. The van der Waals surface area contributed by atoms with Gasteiger partial charge in [0.2, 0.25) is 0 Å². The first-order valence-corrected chi connectivity index (χ1v) is 5.68. The summed E-state index contributed by atoms with van der Waals surface area (Å²) in [6, 6.07) is 10.4. The Kier molecular flexibility index (Phi) is 2.76. The van der Waals surface area contributed by atoms with Gasteiger partial charge in [-0.15, -0.1) is 0 Å². The lowest BCUT2D eigenvalue weighted by Crippen LogP contribution is -2.48. The minimum absolute atomic E-state index is 0.182. The van der Waals surface area contributed by atoms with Gasteiger partial charge in [0, 0.05) is 23.7 Å². The molecule has 1 fully saturated rings. The lowest BCUT2D eigenvalue weighted by molar-refractivity contribution is 0.673. The van der Waals surface area contributed by atoms with Crippen LogP contribution in [0.15, 0.2) is 30.3 Å². The molecular formula is C10H14N2S. The summed E-state index contributed by atoms with van der Waals surface area (Å²) in [6.45, 7) is 1.07. The van der Waals surface area contributed by atoms with E-state index in [-0.39, 0.29) is 6.17 Å². The molecule has 1 unspecified atom stereocenters. The summed E-state index contributed by atoms with van der Waals surface area (Å²) in [6.07, 6.45) is 0.182. The van der Waals surface area contributed by atoms with E-state index >= 15 is 0 Å². The van der Waals surface area contributed by atoms with Crippen LogP contribution in [0.4, 0.5) is 5.69 Å². The quantitative estimate of drug-likeness (QED) is 0.735. The molecule has 0 amide bonds. The molecule has 1 atom stereocenters. The molecule has 3 heteroatoms. The largest absolute Gasteiger partial charge is 0.355 e. The van der Waals surface area contributed by atoms with Crippen molar-refractivity contribution in [1.82, 2.24) is 0 Å². The fraction of sp³-hybridized carbons (Fsp3) is 0.400. The molecule has 0 spiro atoms. The number of nitrogens with two attached hydrogens (primary N) is 1. The van der Waals surface area contributed by atoms with Crippen molar-refractivity contribution in [1.29, 1.82) is 0 Å². The Morgan fingerprint density at radius 1 is 1.31 bits per heavy atom. The van der Waals surface area contributed by atoms with E-state index in [1.807, 2.05) is 17.8 Å². The highest BCUT2D eigenvalue weighted by molar-refractivity contribution is 7.99. The third kappa shape index (κ3) is 1.98. The maximum Gasteiger partial charge on any atom is 0.0862 e. The van der Waals surface area contributed by atoms with Crippen molar-refractivity contribution in [2.45, 2.75) is 6.17 Å². The van der Waals surface area contributed by atoms with Crippen LogP contribution in [0.3, 0.4) is 0 Å². The molecule has 2 nitrogen and oxygen atoms in total. The van der Waals surface area contributed by atoms with Crippen LogP contribution in [0.25, 0.3) is 0 Å². The van der Waals surface area contributed by atoms with Gasteiger partial charge in [0.05, 0.1) is 6.17 Å². The summed E-state index contributed by atoms with van der Waals surface area (Å²) in [4.78, 5) is 2.27. The zero-order valence-corrected chi connectivity index (χ0v) is 8.33. The molecule has 0 saturated carbocycles. The molecule has 1 aromatic carbocycles. The molecule has 0 bridgehead atoms. The van der Waals surface area contributed by atoms with Gasteiger partial charge in [-0.05, 0) is 12.1 Å². The lowest BCUT2D eigenvalue weighted by Gasteiger charge is -2.34. The second-order valence-corrected chi connectivity index (χ2v) is 4.32. The van der Waals surface area contributed by atoms with Crippen molar-refractivity contribution in [3.05, 3.63) is 30.3 Å². The predicted molar refractivity (Wildman–Crippen MR) is 59.1 cm³/mol. The number of rotatable bonds is 1. The predicted octanol–water partition coefficient (Wildman–Crippen LogP) is 1.52. The summed E-state index contributed by atoms with van der Waals surface area (Å²) in [5, 5.41) is 0. The lowest BCUT2D eigenvalue weighted by atomic mass is 10.2. The molecule has 1 saturated heterocycles. The molecule has 1 aliphatic heterocycles. The first-order valence-electron chi connectivity index (χ1n) is 4.53. The highest BCUT2D eigenvalue weighted by Crippen LogP contribution is 2.20. The van der Waals surface area contributed by atoms with Gasteiger partial charge in [0.1, 0.15) is 0 Å². The standard InChI is InChI=1S/C10H14N2S/c11-10-8-13-7-6-12(10)9-4-2-1-3-5-9/h1-5,10H,6-8,11H2. The van der Waals surface area contributed by atoms with Gasteiger partial charge in [0.25, 0.3) is 0 Å². The van der Waals surface area contributed by atoms with Gasteiger partial charge in [-0.3, -0.25) is 0 Å². The van der Waals surface area contributed by atoms with E-state index in [9.17, 15) is 0 Å². The summed E-state index contributed by atoms with van der Waals surface area (Å²) in [5.74, 6) is 2.22. The number of anilines is 1. The Morgan fingerprint density at radius 2 is 2.08 bits per heavy atom. The fourth-order valence-corrected chi connectivity index (χ4v) is 2.48. The average Bonchev–Trinajstić information content (AvgIpc) is 2.20. The zero-order valence-electron chi connectivity index (χ0n) is 7.52. The molecule has 70 valence electrons. The Labute approximate surface area is 83.1 Å². The Hall–Kier alpha value is -0.670. The van der Waals surface area contributed by atoms with Crippen molar-refractivity contribution >= 4 is 17.4 Å². The Morgan fingerprint density at radius 3 is 2.77 bits per heavy atom. The van der Waals surface area contributed by atoms with Crippen LogP contribution >= 0.6 is 11.8 Å². The van der Waals surface area contributed by atoms with E-state index in [0.717, 1.165) is 12.3 Å². The third-order valence-electron chi connectivity index (χ3n) is 2.25. The third-order valence-corrected chi connectivity index (χ3v) is 3.30. The van der Waals surface area contributed by atoms with E-state index in [0.29, 0.717) is 0 Å². The van der Waals surface area contributed by atoms with Crippen LogP contribution < -0.4 is 10.6 Å². The number of hydrogen-bond acceptors (Lipinski definition) is 3. The summed E-state index contributed by atoms with van der Waals surface area (Å²) < 4.78 is 0. The number of benzene rings is 1. The zero-order chi connectivity index (χ0) is 9.10. The summed E-state index contributed by atoms with van der Waals surface area (Å²) >= 11 is 1.93. The van der Waals surface area contributed by atoms with Gasteiger partial charge in [-0.2, -0.15) is 11.8 Å². The second kappa shape index (κ2) is 4.03. The van der Waals surface area contributed by atoms with Gasteiger partial charge in [0.15, 0.2) is 0 Å². The number of para-hydroxylation sites is 1. The van der Waals surface area contributed by atoms with E-state index in [1.165, 1.54) is 11.4 Å². The monoisotopic (exact) mass is 194 g/mol. The summed E-state index contributed by atoms with van der Waals surface area (Å²) in [5.41, 5.74) is 7.26. The fourth-order valence-electron chi connectivity index (χ4n) is 1.56. The number of nitrogens with zero attached hydrogens (tertiary/aromatic N) is 1. The summed E-state index contributed by atoms with van der Waals surface area (Å²) in [7, 11) is 0. The maximum atomic E-state index is 6.02. The van der Waals surface area contributed by atoms with Gasteiger partial charge < -0.3 is 10.6 Å². The van der Waals surface area contributed by atoms with Crippen molar-refractivity contribution in [3.8, 4) is 0 Å². The first-order chi connectivity index (χ1) is 6.38. The average molecular weight is 194 g/mol. The van der Waals surface area contributed by atoms with E-state index in [4.69, 9.17) is 5.73 Å². The van der Waals surface area contributed by atoms with Crippen molar-refractivity contribution in [2.24, 2.45) is 5.73 Å². The minimum Gasteiger partial charge on any atom is -0.355 e. The normalized spacial score (nSPS) is 23.2. The minimum atomic E-state index is 0.182. The van der Waals surface area contributed by atoms with Crippen LogP contribution in [0.1, 0.15) is 0 Å². The van der Waals surface area contributed by atoms with Crippen LogP contribution in [-0.4, -0.2) is 24.2 Å². The first kappa shape index (κ1) is 8.91. The highest BCUT2D eigenvalue weighted by atomic mass is 32.2. The molecule has 0 aromatic heterocycles. The van der Waals surface area contributed by atoms with Crippen molar-refractivity contribution in [2.75, 3.05) is 23.0 Å². The molecule has 1 aromatic rings. The van der Waals surface area contributed by atoms with E-state index < -0.39 is 0 Å². The topological polar surface area (TPSA) is 29.3 Å². The van der Waals surface area contributed by atoms with E-state index in [1.54, 1.807) is 0 Å². The maximum absolute atomic E-state index is 6.02. The Bertz CT molecular complexity index is 263. The van der Waals surface area contributed by atoms with Gasteiger partial charge in [-0.1, -0.05) is 18.2 Å².